The summed E-state index contributed by atoms with van der Waals surface area (Å²) in [5.74, 6) is -0.834. The van der Waals surface area contributed by atoms with E-state index in [9.17, 15) is 18.3 Å². The van der Waals surface area contributed by atoms with Crippen LogP contribution < -0.4 is 0 Å². The molecule has 0 radical (unpaired) electrons. The van der Waals surface area contributed by atoms with Crippen LogP contribution in [0.2, 0.25) is 5.02 Å². The van der Waals surface area contributed by atoms with Crippen LogP contribution in [0.4, 0.5) is 0 Å². The molecule has 1 N–H and O–H groups in total. The van der Waals surface area contributed by atoms with E-state index in [-0.39, 0.29) is 21.4 Å². The maximum Gasteiger partial charge on any atom is 0.330 e. The normalized spacial score (nSPS) is 11.1. The van der Waals surface area contributed by atoms with Crippen LogP contribution in [0.5, 0.6) is 5.75 Å². The third-order valence-corrected chi connectivity index (χ3v) is 5.05. The summed E-state index contributed by atoms with van der Waals surface area (Å²) in [6.07, 6.45) is 3.70. The number of phenolic OH excluding ortho intramolecular Hbond substituents is 1. The fourth-order valence-corrected chi connectivity index (χ4v) is 3.47. The number of rotatable bonds is 9. The minimum absolute atomic E-state index is 0.0470. The minimum Gasteiger partial charge on any atom is -0.507 e. The van der Waals surface area contributed by atoms with Crippen LogP contribution in [0.25, 0.3) is 0 Å². The molecule has 0 saturated heterocycles. The molecular weight excluding hydrogens is 328 g/mol. The van der Waals surface area contributed by atoms with Crippen molar-refractivity contribution in [2.45, 2.75) is 30.6 Å². The number of hydrogen-bond acceptors (Lipinski definition) is 5. The smallest absolute Gasteiger partial charge is 0.330 e. The van der Waals surface area contributed by atoms with Gasteiger partial charge in [0.25, 0.3) is 0 Å². The van der Waals surface area contributed by atoms with Crippen molar-refractivity contribution in [3.8, 4) is 5.75 Å². The Labute approximate surface area is 135 Å². The van der Waals surface area contributed by atoms with Gasteiger partial charge < -0.3 is 9.84 Å². The Balaban J connectivity index is 2.34. The summed E-state index contributed by atoms with van der Waals surface area (Å²) in [7, 11) is -3.53. The Morgan fingerprint density at radius 3 is 2.59 bits per heavy atom. The lowest BCUT2D eigenvalue weighted by Crippen LogP contribution is -2.07. The molecular formula is C15H19ClO5S. The molecule has 0 unspecified atom stereocenters. The Morgan fingerprint density at radius 1 is 1.27 bits per heavy atom. The predicted molar refractivity (Wildman–Crippen MR) is 84.8 cm³/mol. The lowest BCUT2D eigenvalue weighted by Gasteiger charge is -2.07. The molecule has 7 heteroatoms. The Kier molecular flexibility index (Phi) is 7.41. The number of unbranched alkanes of at least 4 members (excludes halogenated alkanes) is 3. The van der Waals surface area contributed by atoms with Crippen molar-refractivity contribution in [2.24, 2.45) is 0 Å². The van der Waals surface area contributed by atoms with Crippen molar-refractivity contribution in [1.82, 2.24) is 0 Å². The molecule has 0 bridgehead atoms. The monoisotopic (exact) mass is 346 g/mol. The largest absolute Gasteiger partial charge is 0.507 e. The number of sulfone groups is 1. The summed E-state index contributed by atoms with van der Waals surface area (Å²) < 4.78 is 29.0. The van der Waals surface area contributed by atoms with Crippen molar-refractivity contribution in [2.75, 3.05) is 12.4 Å². The van der Waals surface area contributed by atoms with Crippen LogP contribution in [0.1, 0.15) is 25.7 Å². The molecule has 0 saturated carbocycles. The molecule has 5 nitrogen and oxygen atoms in total. The maximum absolute atomic E-state index is 12.1. The molecule has 0 fully saturated rings. The van der Waals surface area contributed by atoms with Crippen LogP contribution in [0.3, 0.4) is 0 Å². The molecule has 22 heavy (non-hydrogen) atoms. The first kappa shape index (κ1) is 18.5. The van der Waals surface area contributed by atoms with Gasteiger partial charge in [0.1, 0.15) is 10.6 Å². The predicted octanol–water partition coefficient (Wildman–Crippen LogP) is 3.11. The Morgan fingerprint density at radius 2 is 1.95 bits per heavy atom. The number of esters is 1. The van der Waals surface area contributed by atoms with Crippen LogP contribution in [0, 0.1) is 0 Å². The van der Waals surface area contributed by atoms with Gasteiger partial charge in [-0.2, -0.15) is 0 Å². The highest BCUT2D eigenvalue weighted by Crippen LogP contribution is 2.27. The van der Waals surface area contributed by atoms with E-state index in [4.69, 9.17) is 16.3 Å². The summed E-state index contributed by atoms with van der Waals surface area (Å²) in [6, 6.07) is 3.95. The lowest BCUT2D eigenvalue weighted by molar-refractivity contribution is -0.137. The van der Waals surface area contributed by atoms with E-state index in [1.807, 2.05) is 0 Å². The number of aromatic hydroxyl groups is 1. The van der Waals surface area contributed by atoms with Crippen molar-refractivity contribution < 1.29 is 23.1 Å². The average molecular weight is 347 g/mol. The molecule has 0 aliphatic rings. The third kappa shape index (κ3) is 6.07. The fraction of sp³-hybridized carbons (Fsp3) is 0.400. The van der Waals surface area contributed by atoms with Crippen molar-refractivity contribution in [3.63, 3.8) is 0 Å². The van der Waals surface area contributed by atoms with E-state index in [1.54, 1.807) is 0 Å². The molecule has 122 valence electrons. The quantitative estimate of drug-likeness (QED) is 0.422. The van der Waals surface area contributed by atoms with E-state index < -0.39 is 15.8 Å². The molecule has 0 aromatic heterocycles. The zero-order valence-electron chi connectivity index (χ0n) is 12.1. The van der Waals surface area contributed by atoms with Crippen molar-refractivity contribution in [1.29, 1.82) is 0 Å². The average Bonchev–Trinajstić information content (AvgIpc) is 2.45. The van der Waals surface area contributed by atoms with Gasteiger partial charge in [0.2, 0.25) is 0 Å². The Bertz CT molecular complexity index is 625. The fourth-order valence-electron chi connectivity index (χ4n) is 1.84. The van der Waals surface area contributed by atoms with Gasteiger partial charge in [-0.25, -0.2) is 13.2 Å². The van der Waals surface area contributed by atoms with E-state index in [0.29, 0.717) is 25.9 Å². The molecule has 0 atom stereocenters. The summed E-state index contributed by atoms with van der Waals surface area (Å²) in [4.78, 5) is 10.7. The summed E-state index contributed by atoms with van der Waals surface area (Å²) in [6.45, 7) is 3.59. The van der Waals surface area contributed by atoms with E-state index in [2.05, 4.69) is 6.58 Å². The highest BCUT2D eigenvalue weighted by Gasteiger charge is 2.18. The summed E-state index contributed by atoms with van der Waals surface area (Å²) in [5, 5.41) is 9.94. The standard InChI is InChI=1S/C15H19ClO5S/c1-2-15(18)21-9-5-3-4-6-10-22(19,20)14-8-7-12(16)11-13(14)17/h2,7-8,11,17H,1,3-6,9-10H2. The van der Waals surface area contributed by atoms with Crippen molar-refractivity contribution in [3.05, 3.63) is 35.9 Å². The van der Waals surface area contributed by atoms with Gasteiger partial charge in [0.05, 0.1) is 12.4 Å². The van der Waals surface area contributed by atoms with Crippen LogP contribution >= 0.6 is 11.6 Å². The second kappa shape index (κ2) is 8.80. The number of carbonyl (C=O) groups excluding carboxylic acids is 1. The maximum atomic E-state index is 12.1. The van der Waals surface area contributed by atoms with Crippen molar-refractivity contribution >= 4 is 27.4 Å². The highest BCUT2D eigenvalue weighted by atomic mass is 35.5. The van der Waals surface area contributed by atoms with Gasteiger partial charge >= 0.3 is 5.97 Å². The van der Waals surface area contributed by atoms with Gasteiger partial charge in [0.15, 0.2) is 9.84 Å². The minimum atomic E-state index is -3.53. The number of phenols is 1. The number of hydrogen-bond donors (Lipinski definition) is 1. The Hall–Kier alpha value is -1.53. The van der Waals surface area contributed by atoms with Crippen LogP contribution in [-0.2, 0) is 19.4 Å². The molecule has 1 aromatic carbocycles. The highest BCUT2D eigenvalue weighted by molar-refractivity contribution is 7.91. The first-order valence-corrected chi connectivity index (χ1v) is 8.90. The van der Waals surface area contributed by atoms with Gasteiger partial charge in [0, 0.05) is 11.1 Å². The molecule has 0 spiro atoms. The second-order valence-electron chi connectivity index (χ2n) is 4.72. The van der Waals surface area contributed by atoms with E-state index in [0.717, 1.165) is 12.5 Å². The van der Waals surface area contributed by atoms with Gasteiger partial charge in [-0.3, -0.25) is 0 Å². The first-order chi connectivity index (χ1) is 10.4. The molecule has 0 amide bonds. The molecule has 0 aliphatic carbocycles. The van der Waals surface area contributed by atoms with Crippen LogP contribution in [-0.4, -0.2) is 31.9 Å². The third-order valence-electron chi connectivity index (χ3n) is 2.97. The van der Waals surface area contributed by atoms with Crippen LogP contribution in [0.15, 0.2) is 35.7 Å². The molecule has 0 aliphatic heterocycles. The van der Waals surface area contributed by atoms with Gasteiger partial charge in [-0.1, -0.05) is 31.0 Å². The first-order valence-electron chi connectivity index (χ1n) is 6.87. The summed E-state index contributed by atoms with van der Waals surface area (Å²) >= 11 is 5.68. The zero-order chi connectivity index (χ0) is 16.6. The zero-order valence-corrected chi connectivity index (χ0v) is 13.7. The summed E-state index contributed by atoms with van der Waals surface area (Å²) in [5.41, 5.74) is 0. The van der Waals surface area contributed by atoms with E-state index >= 15 is 0 Å². The number of benzene rings is 1. The lowest BCUT2D eigenvalue weighted by atomic mass is 10.2. The molecule has 1 rings (SSSR count). The number of carbonyl (C=O) groups is 1. The molecule has 1 aromatic rings. The SMILES string of the molecule is C=CC(=O)OCCCCCCS(=O)(=O)c1ccc(Cl)cc1O. The molecule has 0 heterocycles. The van der Waals surface area contributed by atoms with Gasteiger partial charge in [-0.15, -0.1) is 0 Å². The second-order valence-corrected chi connectivity index (χ2v) is 7.23. The van der Waals surface area contributed by atoms with E-state index in [1.165, 1.54) is 18.2 Å². The number of ether oxygens (including phenoxy) is 1. The topological polar surface area (TPSA) is 80.7 Å². The number of halogens is 1. The van der Waals surface area contributed by atoms with Gasteiger partial charge in [-0.05, 0) is 31.0 Å².